The molecule has 0 fully saturated rings. The average Bonchev–Trinajstić information content (AvgIpc) is 2.66. The highest BCUT2D eigenvalue weighted by Gasteiger charge is 2.09. The van der Waals surface area contributed by atoms with Crippen LogP contribution in [0.15, 0.2) is 47.5 Å². The highest BCUT2D eigenvalue weighted by molar-refractivity contribution is 14.0. The fourth-order valence-electron chi connectivity index (χ4n) is 2.63. The Balaban J connectivity index is 0.00000392. The number of aliphatic hydroxyl groups is 1. The summed E-state index contributed by atoms with van der Waals surface area (Å²) in [6, 6.07) is 13.4. The van der Waals surface area contributed by atoms with Crippen molar-refractivity contribution in [3.05, 3.63) is 53.6 Å². The molecule has 0 saturated heterocycles. The summed E-state index contributed by atoms with van der Waals surface area (Å²) in [4.78, 5) is 4.51. The predicted molar refractivity (Wildman–Crippen MR) is 125 cm³/mol. The molecule has 1 unspecified atom stereocenters. The van der Waals surface area contributed by atoms with Crippen molar-refractivity contribution in [2.45, 2.75) is 26.9 Å². The van der Waals surface area contributed by atoms with Crippen LogP contribution in [0.4, 0.5) is 5.69 Å². The SMILES string of the molecule is CCNC(=NCC(O)c1cccc(C)c1)Nc1ccc(OC)c(OCC)c1.I. The number of benzene rings is 2. The Bertz CT molecular complexity index is 768. The second kappa shape index (κ2) is 12.5. The quantitative estimate of drug-likeness (QED) is 0.290. The van der Waals surface area contributed by atoms with Crippen LogP contribution in [0.1, 0.15) is 31.1 Å². The van der Waals surface area contributed by atoms with Crippen molar-refractivity contribution in [1.29, 1.82) is 0 Å². The summed E-state index contributed by atoms with van der Waals surface area (Å²) in [5.74, 6) is 1.94. The van der Waals surface area contributed by atoms with Crippen molar-refractivity contribution in [1.82, 2.24) is 5.32 Å². The fraction of sp³-hybridized carbons (Fsp3) is 0.381. The van der Waals surface area contributed by atoms with Crippen LogP contribution in [0.2, 0.25) is 0 Å². The minimum Gasteiger partial charge on any atom is -0.493 e. The molecule has 154 valence electrons. The smallest absolute Gasteiger partial charge is 0.195 e. The Labute approximate surface area is 184 Å². The maximum atomic E-state index is 10.4. The molecule has 7 heteroatoms. The van der Waals surface area contributed by atoms with Gasteiger partial charge in [0, 0.05) is 18.3 Å². The number of rotatable bonds is 8. The Morgan fingerprint density at radius 1 is 1.14 bits per heavy atom. The molecule has 6 nitrogen and oxygen atoms in total. The van der Waals surface area contributed by atoms with E-state index in [9.17, 15) is 5.11 Å². The van der Waals surface area contributed by atoms with Gasteiger partial charge in [0.15, 0.2) is 17.5 Å². The largest absolute Gasteiger partial charge is 0.493 e. The zero-order chi connectivity index (χ0) is 19.6. The molecule has 0 spiro atoms. The number of hydrogen-bond donors (Lipinski definition) is 3. The van der Waals surface area contributed by atoms with Gasteiger partial charge in [0.2, 0.25) is 0 Å². The van der Waals surface area contributed by atoms with Gasteiger partial charge in [-0.25, -0.2) is 4.99 Å². The number of methoxy groups -OCH3 is 1. The minimum atomic E-state index is -0.657. The van der Waals surface area contributed by atoms with Crippen molar-refractivity contribution in [2.24, 2.45) is 4.99 Å². The first kappa shape index (κ1) is 24.0. The number of ether oxygens (including phenoxy) is 2. The summed E-state index contributed by atoms with van der Waals surface area (Å²) in [6.45, 7) is 7.45. The van der Waals surface area contributed by atoms with Gasteiger partial charge >= 0.3 is 0 Å². The molecular formula is C21H30IN3O3. The first-order chi connectivity index (χ1) is 13.1. The number of nitrogens with zero attached hydrogens (tertiary/aromatic N) is 1. The second-order valence-corrected chi connectivity index (χ2v) is 6.07. The number of aryl methyl sites for hydroxylation is 1. The molecule has 2 aromatic carbocycles. The Kier molecular flexibility index (Phi) is 10.7. The average molecular weight is 499 g/mol. The van der Waals surface area contributed by atoms with Crippen molar-refractivity contribution in [3.63, 3.8) is 0 Å². The fourth-order valence-corrected chi connectivity index (χ4v) is 2.63. The van der Waals surface area contributed by atoms with E-state index < -0.39 is 6.10 Å². The molecule has 0 aliphatic carbocycles. The van der Waals surface area contributed by atoms with Crippen LogP contribution >= 0.6 is 24.0 Å². The number of anilines is 1. The van der Waals surface area contributed by atoms with E-state index in [4.69, 9.17) is 9.47 Å². The molecule has 0 bridgehead atoms. The van der Waals surface area contributed by atoms with Gasteiger partial charge in [0.25, 0.3) is 0 Å². The number of nitrogens with one attached hydrogen (secondary N) is 2. The number of guanidine groups is 1. The van der Waals surface area contributed by atoms with Crippen LogP contribution in [-0.4, -0.2) is 37.9 Å². The third kappa shape index (κ3) is 7.20. The van der Waals surface area contributed by atoms with Gasteiger partial charge in [-0.05, 0) is 38.5 Å². The molecule has 0 radical (unpaired) electrons. The topological polar surface area (TPSA) is 75.1 Å². The van der Waals surface area contributed by atoms with E-state index in [0.717, 1.165) is 16.8 Å². The van der Waals surface area contributed by atoms with Crippen molar-refractivity contribution in [2.75, 3.05) is 32.1 Å². The zero-order valence-electron chi connectivity index (χ0n) is 16.9. The number of halogens is 1. The normalized spacial score (nSPS) is 12.0. The summed E-state index contributed by atoms with van der Waals surface area (Å²) in [6.07, 6.45) is -0.657. The third-order valence-corrected chi connectivity index (χ3v) is 3.92. The molecule has 0 heterocycles. The molecule has 0 amide bonds. The Morgan fingerprint density at radius 3 is 2.57 bits per heavy atom. The lowest BCUT2D eigenvalue weighted by Gasteiger charge is -2.15. The van der Waals surface area contributed by atoms with Crippen LogP contribution in [-0.2, 0) is 0 Å². The minimum absolute atomic E-state index is 0. The van der Waals surface area contributed by atoms with Crippen molar-refractivity contribution >= 4 is 35.6 Å². The summed E-state index contributed by atoms with van der Waals surface area (Å²) in [7, 11) is 1.61. The van der Waals surface area contributed by atoms with Gasteiger partial charge in [-0.3, -0.25) is 0 Å². The van der Waals surface area contributed by atoms with Crippen LogP contribution < -0.4 is 20.1 Å². The molecule has 0 aromatic heterocycles. The Hall–Kier alpha value is -2.00. The summed E-state index contributed by atoms with van der Waals surface area (Å²) in [5.41, 5.74) is 2.80. The van der Waals surface area contributed by atoms with Crippen LogP contribution in [0.5, 0.6) is 11.5 Å². The van der Waals surface area contributed by atoms with E-state index in [0.29, 0.717) is 30.6 Å². The molecule has 3 N–H and O–H groups in total. The van der Waals surface area contributed by atoms with Crippen molar-refractivity contribution in [3.8, 4) is 11.5 Å². The molecule has 0 aliphatic heterocycles. The zero-order valence-corrected chi connectivity index (χ0v) is 19.2. The van der Waals surface area contributed by atoms with E-state index in [1.807, 2.05) is 63.2 Å². The van der Waals surface area contributed by atoms with Crippen LogP contribution in [0, 0.1) is 6.92 Å². The summed E-state index contributed by atoms with van der Waals surface area (Å²) in [5, 5.41) is 16.8. The summed E-state index contributed by atoms with van der Waals surface area (Å²) >= 11 is 0. The molecule has 1 atom stereocenters. The first-order valence-electron chi connectivity index (χ1n) is 9.18. The van der Waals surface area contributed by atoms with E-state index in [-0.39, 0.29) is 30.5 Å². The predicted octanol–water partition coefficient (Wildman–Crippen LogP) is 4.13. The van der Waals surface area contributed by atoms with E-state index in [1.165, 1.54) is 0 Å². The third-order valence-electron chi connectivity index (χ3n) is 3.92. The van der Waals surface area contributed by atoms with E-state index >= 15 is 0 Å². The van der Waals surface area contributed by atoms with E-state index in [2.05, 4.69) is 15.6 Å². The van der Waals surface area contributed by atoms with Gasteiger partial charge in [-0.1, -0.05) is 29.8 Å². The molecule has 28 heavy (non-hydrogen) atoms. The lowest BCUT2D eigenvalue weighted by Crippen LogP contribution is -2.31. The number of aliphatic hydroxyl groups excluding tert-OH is 1. The van der Waals surface area contributed by atoms with Gasteiger partial charge in [-0.15, -0.1) is 24.0 Å². The lowest BCUT2D eigenvalue weighted by atomic mass is 10.1. The second-order valence-electron chi connectivity index (χ2n) is 6.07. The first-order valence-corrected chi connectivity index (χ1v) is 9.18. The van der Waals surface area contributed by atoms with Gasteiger partial charge in [-0.2, -0.15) is 0 Å². The lowest BCUT2D eigenvalue weighted by molar-refractivity contribution is 0.187. The van der Waals surface area contributed by atoms with Gasteiger partial charge in [0.1, 0.15) is 0 Å². The van der Waals surface area contributed by atoms with Gasteiger partial charge < -0.3 is 25.2 Å². The molecule has 0 saturated carbocycles. The molecule has 2 aromatic rings. The standard InChI is InChI=1S/C21H29N3O3.HI/c1-5-22-21(23-14-18(25)16-9-7-8-15(3)12-16)24-17-10-11-19(26-4)20(13-17)27-6-2;/h7-13,18,25H,5-6,14H2,1-4H3,(H2,22,23,24);1H. The van der Waals surface area contributed by atoms with E-state index in [1.54, 1.807) is 7.11 Å². The maximum Gasteiger partial charge on any atom is 0.195 e. The van der Waals surface area contributed by atoms with Crippen LogP contribution in [0.25, 0.3) is 0 Å². The van der Waals surface area contributed by atoms with Crippen LogP contribution in [0.3, 0.4) is 0 Å². The van der Waals surface area contributed by atoms with Gasteiger partial charge in [0.05, 0.1) is 26.4 Å². The number of hydrogen-bond acceptors (Lipinski definition) is 4. The monoisotopic (exact) mass is 499 g/mol. The number of aliphatic imine (C=N–C) groups is 1. The molecule has 2 rings (SSSR count). The molecule has 0 aliphatic rings. The Morgan fingerprint density at radius 2 is 1.93 bits per heavy atom. The molecular weight excluding hydrogens is 469 g/mol. The maximum absolute atomic E-state index is 10.4. The van der Waals surface area contributed by atoms with Crippen molar-refractivity contribution < 1.29 is 14.6 Å². The highest BCUT2D eigenvalue weighted by Crippen LogP contribution is 2.30. The summed E-state index contributed by atoms with van der Waals surface area (Å²) < 4.78 is 10.9. The highest BCUT2D eigenvalue weighted by atomic mass is 127.